The van der Waals surface area contributed by atoms with E-state index in [9.17, 15) is 9.59 Å². The summed E-state index contributed by atoms with van der Waals surface area (Å²) in [4.78, 5) is 27.8. The first-order valence-corrected chi connectivity index (χ1v) is 10.2. The third kappa shape index (κ3) is 3.96. The number of nitrogens with zero attached hydrogens (tertiary/aromatic N) is 1. The Labute approximate surface area is 166 Å². The Balaban J connectivity index is 1.43. The van der Waals surface area contributed by atoms with Crippen LogP contribution in [0, 0.1) is 12.8 Å². The van der Waals surface area contributed by atoms with E-state index in [-0.39, 0.29) is 29.9 Å². The van der Waals surface area contributed by atoms with E-state index in [1.54, 1.807) is 0 Å². The smallest absolute Gasteiger partial charge is 0.410 e. The quantitative estimate of drug-likeness (QED) is 0.693. The maximum atomic E-state index is 13.0. The number of carbonyl (C=O) groups excluding carboxylic acids is 2. The van der Waals surface area contributed by atoms with Crippen LogP contribution in [0.4, 0.5) is 4.79 Å². The number of ether oxygens (including phenoxy) is 1. The zero-order valence-corrected chi connectivity index (χ0v) is 16.3. The maximum absolute atomic E-state index is 13.0. The minimum Gasteiger partial charge on any atom is -0.445 e. The van der Waals surface area contributed by atoms with Gasteiger partial charge in [-0.1, -0.05) is 54.1 Å². The van der Waals surface area contributed by atoms with Crippen LogP contribution in [0.25, 0.3) is 0 Å². The molecule has 2 bridgehead atoms. The Morgan fingerprint density at radius 2 is 1.71 bits per heavy atom. The van der Waals surface area contributed by atoms with Gasteiger partial charge < -0.3 is 9.64 Å². The summed E-state index contributed by atoms with van der Waals surface area (Å²) in [6, 6.07) is 17.8. The van der Waals surface area contributed by atoms with Crippen molar-refractivity contribution < 1.29 is 14.3 Å². The molecular formula is C24H27NO3. The number of hydrogen-bond donors (Lipinski definition) is 0. The minimum atomic E-state index is -0.236. The van der Waals surface area contributed by atoms with Gasteiger partial charge in [-0.2, -0.15) is 0 Å². The largest absolute Gasteiger partial charge is 0.445 e. The molecule has 2 heterocycles. The average Bonchev–Trinajstić information content (AvgIpc) is 2.71. The molecule has 1 amide bonds. The van der Waals surface area contributed by atoms with Crippen molar-refractivity contribution in [1.29, 1.82) is 0 Å². The number of amides is 1. The van der Waals surface area contributed by atoms with Gasteiger partial charge in [0.1, 0.15) is 6.61 Å². The number of rotatable bonds is 4. The van der Waals surface area contributed by atoms with Crippen LogP contribution >= 0.6 is 0 Å². The number of ketones is 1. The molecule has 0 radical (unpaired) electrons. The van der Waals surface area contributed by atoms with Gasteiger partial charge in [0.2, 0.25) is 0 Å². The molecule has 146 valence electrons. The molecule has 2 aromatic rings. The molecule has 0 saturated carbocycles. The topological polar surface area (TPSA) is 46.6 Å². The highest BCUT2D eigenvalue weighted by Gasteiger charge is 2.43. The van der Waals surface area contributed by atoms with Gasteiger partial charge >= 0.3 is 6.09 Å². The molecule has 2 aromatic carbocycles. The summed E-state index contributed by atoms with van der Waals surface area (Å²) in [5.41, 5.74) is 2.89. The highest BCUT2D eigenvalue weighted by atomic mass is 16.6. The number of fused-ring (bicyclic) bond motifs is 2. The van der Waals surface area contributed by atoms with E-state index < -0.39 is 0 Å². The van der Waals surface area contributed by atoms with Crippen molar-refractivity contribution in [3.8, 4) is 0 Å². The lowest BCUT2D eigenvalue weighted by molar-refractivity contribution is 0.00473. The number of Topliss-reactive ketones (excluding diaryl/α,β-unsaturated/α-hetero) is 1. The summed E-state index contributed by atoms with van der Waals surface area (Å²) in [6.45, 7) is 2.30. The summed E-state index contributed by atoms with van der Waals surface area (Å²) >= 11 is 0. The van der Waals surface area contributed by atoms with Gasteiger partial charge in [0.15, 0.2) is 5.78 Å². The lowest BCUT2D eigenvalue weighted by Crippen LogP contribution is -2.55. The fourth-order valence-electron chi connectivity index (χ4n) is 4.72. The van der Waals surface area contributed by atoms with Crippen molar-refractivity contribution in [2.24, 2.45) is 5.92 Å². The predicted octanol–water partition coefficient (Wildman–Crippen LogP) is 5.15. The van der Waals surface area contributed by atoms with Gasteiger partial charge in [0, 0.05) is 23.6 Å². The number of aryl methyl sites for hydroxylation is 1. The highest BCUT2D eigenvalue weighted by molar-refractivity contribution is 5.98. The third-order valence-corrected chi connectivity index (χ3v) is 6.06. The summed E-state index contributed by atoms with van der Waals surface area (Å²) < 4.78 is 5.60. The fourth-order valence-corrected chi connectivity index (χ4v) is 4.72. The van der Waals surface area contributed by atoms with Gasteiger partial charge in [0.05, 0.1) is 0 Å². The average molecular weight is 377 g/mol. The van der Waals surface area contributed by atoms with Gasteiger partial charge in [-0.25, -0.2) is 4.79 Å². The summed E-state index contributed by atoms with van der Waals surface area (Å²) in [5, 5.41) is 0. The van der Waals surface area contributed by atoms with E-state index in [1.165, 1.54) is 0 Å². The molecule has 0 aliphatic carbocycles. The van der Waals surface area contributed by atoms with Crippen molar-refractivity contribution in [2.45, 2.75) is 57.7 Å². The first-order chi connectivity index (χ1) is 13.6. The number of benzene rings is 2. The summed E-state index contributed by atoms with van der Waals surface area (Å²) in [7, 11) is 0. The first kappa shape index (κ1) is 18.7. The SMILES string of the molecule is Cc1cccc(C(=O)C2CC3CCCC(C2)N3C(=O)OCc2ccccc2)c1. The molecule has 0 spiro atoms. The molecule has 2 atom stereocenters. The second kappa shape index (κ2) is 8.17. The molecule has 4 nitrogen and oxygen atoms in total. The van der Waals surface area contributed by atoms with Crippen molar-refractivity contribution in [3.63, 3.8) is 0 Å². The molecule has 4 rings (SSSR count). The zero-order valence-electron chi connectivity index (χ0n) is 16.3. The van der Waals surface area contributed by atoms with Crippen LogP contribution in [-0.2, 0) is 11.3 Å². The standard InChI is InChI=1S/C24H27NO3/c1-17-7-5-10-19(13-17)23(26)20-14-21-11-6-12-22(15-20)25(21)24(27)28-16-18-8-3-2-4-9-18/h2-5,7-10,13,20-22H,6,11-12,14-16H2,1H3. The third-order valence-electron chi connectivity index (χ3n) is 6.06. The highest BCUT2D eigenvalue weighted by Crippen LogP contribution is 2.38. The predicted molar refractivity (Wildman–Crippen MR) is 108 cm³/mol. The number of carbonyl (C=O) groups is 2. The molecule has 4 heteroatoms. The molecule has 2 saturated heterocycles. The van der Waals surface area contributed by atoms with Crippen LogP contribution in [0.1, 0.15) is 53.6 Å². The van der Waals surface area contributed by atoms with Crippen LogP contribution in [0.2, 0.25) is 0 Å². The second-order valence-corrected chi connectivity index (χ2v) is 8.09. The molecule has 2 unspecified atom stereocenters. The van der Waals surface area contributed by atoms with Crippen molar-refractivity contribution in [1.82, 2.24) is 4.90 Å². The summed E-state index contributed by atoms with van der Waals surface area (Å²) in [6.07, 6.45) is 4.26. The van der Waals surface area contributed by atoms with Crippen LogP contribution in [0.5, 0.6) is 0 Å². The van der Waals surface area contributed by atoms with Crippen LogP contribution in [0.15, 0.2) is 54.6 Å². The van der Waals surface area contributed by atoms with Gasteiger partial charge in [0.25, 0.3) is 0 Å². The normalized spacial score (nSPS) is 23.9. The Bertz CT molecular complexity index is 834. The van der Waals surface area contributed by atoms with Crippen molar-refractivity contribution in [2.75, 3.05) is 0 Å². The molecule has 2 fully saturated rings. The van der Waals surface area contributed by atoms with Crippen LogP contribution in [-0.4, -0.2) is 28.9 Å². The van der Waals surface area contributed by atoms with E-state index in [0.29, 0.717) is 6.61 Å². The van der Waals surface area contributed by atoms with Crippen molar-refractivity contribution >= 4 is 11.9 Å². The van der Waals surface area contributed by atoms with E-state index in [2.05, 4.69) is 0 Å². The summed E-state index contributed by atoms with van der Waals surface area (Å²) in [5.74, 6) is 0.216. The number of piperidine rings is 2. The minimum absolute atomic E-state index is 0.00438. The second-order valence-electron chi connectivity index (χ2n) is 8.09. The first-order valence-electron chi connectivity index (χ1n) is 10.2. The molecule has 28 heavy (non-hydrogen) atoms. The molecular weight excluding hydrogens is 350 g/mol. The van der Waals surface area contributed by atoms with Gasteiger partial charge in [-0.3, -0.25) is 4.79 Å². The van der Waals surface area contributed by atoms with Crippen LogP contribution < -0.4 is 0 Å². The monoisotopic (exact) mass is 377 g/mol. The Kier molecular flexibility index (Phi) is 5.47. The van der Waals surface area contributed by atoms with E-state index in [0.717, 1.165) is 48.8 Å². The Morgan fingerprint density at radius 3 is 2.39 bits per heavy atom. The maximum Gasteiger partial charge on any atom is 0.410 e. The van der Waals surface area contributed by atoms with Crippen LogP contribution in [0.3, 0.4) is 0 Å². The molecule has 0 aromatic heterocycles. The zero-order chi connectivity index (χ0) is 19.5. The lowest BCUT2D eigenvalue weighted by atomic mass is 9.76. The Hall–Kier alpha value is -2.62. The van der Waals surface area contributed by atoms with E-state index in [1.807, 2.05) is 66.4 Å². The van der Waals surface area contributed by atoms with Gasteiger partial charge in [-0.05, 0) is 50.7 Å². The molecule has 0 N–H and O–H groups in total. The molecule has 2 aliphatic rings. The van der Waals surface area contributed by atoms with Gasteiger partial charge in [-0.15, -0.1) is 0 Å². The Morgan fingerprint density at radius 1 is 1.00 bits per heavy atom. The number of hydrogen-bond acceptors (Lipinski definition) is 3. The lowest BCUT2D eigenvalue weighted by Gasteiger charge is -2.47. The van der Waals surface area contributed by atoms with E-state index >= 15 is 0 Å². The molecule has 2 aliphatic heterocycles. The fraction of sp³-hybridized carbons (Fsp3) is 0.417. The van der Waals surface area contributed by atoms with E-state index in [4.69, 9.17) is 4.74 Å². The van der Waals surface area contributed by atoms with Crippen molar-refractivity contribution in [3.05, 3.63) is 71.3 Å².